The van der Waals surface area contributed by atoms with Gasteiger partial charge in [-0.15, -0.1) is 0 Å². The Morgan fingerprint density at radius 2 is 2.60 bits per heavy atom. The van der Waals surface area contributed by atoms with Crippen LogP contribution >= 0.6 is 0 Å². The molecule has 1 heterocycles. The lowest BCUT2D eigenvalue weighted by atomic mass is 11.0. The van der Waals surface area contributed by atoms with E-state index in [-0.39, 0.29) is 6.01 Å². The summed E-state index contributed by atoms with van der Waals surface area (Å²) in [5.74, 6) is 0. The molecule has 10 heavy (non-hydrogen) atoms. The highest BCUT2D eigenvalue weighted by Crippen LogP contribution is 1.97. The second-order valence-electron chi connectivity index (χ2n) is 1.45. The van der Waals surface area contributed by atoms with Crippen LogP contribution in [0.4, 0.5) is 10.8 Å². The summed E-state index contributed by atoms with van der Waals surface area (Å²) < 4.78 is 4.69. The van der Waals surface area contributed by atoms with Crippen molar-refractivity contribution < 1.29 is 9.21 Å². The Bertz CT molecular complexity index is 207. The number of anilines is 1. The van der Waals surface area contributed by atoms with E-state index in [1.165, 1.54) is 12.5 Å². The highest BCUT2D eigenvalue weighted by atomic mass is 16.4. The summed E-state index contributed by atoms with van der Waals surface area (Å²) in [6, 6.07) is -0.503. The summed E-state index contributed by atoms with van der Waals surface area (Å²) in [5, 5.41) is 0. The van der Waals surface area contributed by atoms with Crippen LogP contribution in [-0.2, 0) is 0 Å². The van der Waals surface area contributed by atoms with Gasteiger partial charge in [-0.25, -0.2) is 20.6 Å². The number of carbonyl (C=O) groups excluding carboxylic acids is 1. The van der Waals surface area contributed by atoms with Gasteiger partial charge in [0.1, 0.15) is 6.26 Å². The Morgan fingerprint density at radius 3 is 3.10 bits per heavy atom. The van der Waals surface area contributed by atoms with E-state index >= 15 is 0 Å². The van der Waals surface area contributed by atoms with Crippen LogP contribution in [0.25, 0.3) is 0 Å². The molecule has 2 amide bonds. The van der Waals surface area contributed by atoms with Gasteiger partial charge in [-0.1, -0.05) is 0 Å². The number of nitrogens with one attached hydrogen (secondary N) is 2. The molecule has 0 bridgehead atoms. The maximum atomic E-state index is 10.1. The fourth-order valence-corrected chi connectivity index (χ4v) is 0.400. The van der Waals surface area contributed by atoms with E-state index < -0.39 is 6.03 Å². The van der Waals surface area contributed by atoms with Crippen molar-refractivity contribution >= 4 is 12.0 Å². The molecule has 0 aliphatic heterocycles. The molecular formula is C4H6N4O2. The Hall–Kier alpha value is -1.72. The van der Waals surface area contributed by atoms with Crippen LogP contribution in [0.5, 0.6) is 0 Å². The average molecular weight is 142 g/mol. The van der Waals surface area contributed by atoms with E-state index in [0.29, 0.717) is 0 Å². The number of carbonyl (C=O) groups is 1. The van der Waals surface area contributed by atoms with Crippen molar-refractivity contribution in [2.75, 3.05) is 5.43 Å². The van der Waals surface area contributed by atoms with Crippen LogP contribution in [0.2, 0.25) is 0 Å². The first-order valence-electron chi connectivity index (χ1n) is 2.50. The van der Waals surface area contributed by atoms with Crippen LogP contribution < -0.4 is 16.6 Å². The highest BCUT2D eigenvalue weighted by Gasteiger charge is 1.94. The van der Waals surface area contributed by atoms with Gasteiger partial charge in [-0.05, 0) is 0 Å². The van der Waals surface area contributed by atoms with Crippen LogP contribution in [0.1, 0.15) is 0 Å². The monoisotopic (exact) mass is 142 g/mol. The van der Waals surface area contributed by atoms with Gasteiger partial charge in [0.05, 0.1) is 6.20 Å². The molecule has 4 N–H and O–H groups in total. The zero-order valence-corrected chi connectivity index (χ0v) is 5.00. The molecule has 0 aliphatic rings. The van der Waals surface area contributed by atoms with Gasteiger partial charge in [-0.3, -0.25) is 0 Å². The molecule has 0 aromatic carbocycles. The number of urea groups is 1. The van der Waals surface area contributed by atoms with E-state index in [4.69, 9.17) is 10.2 Å². The minimum Gasteiger partial charge on any atom is -0.431 e. The fourth-order valence-electron chi connectivity index (χ4n) is 0.400. The molecule has 0 saturated carbocycles. The Balaban J connectivity index is 2.35. The summed E-state index contributed by atoms with van der Waals surface area (Å²) >= 11 is 0. The van der Waals surface area contributed by atoms with Crippen molar-refractivity contribution in [3.05, 3.63) is 12.5 Å². The van der Waals surface area contributed by atoms with Gasteiger partial charge >= 0.3 is 12.0 Å². The molecule has 0 fully saturated rings. The SMILES string of the molecule is NC(=O)NNc1ncco1. The number of oxazole rings is 1. The molecule has 0 spiro atoms. The van der Waals surface area contributed by atoms with Gasteiger partial charge in [0.15, 0.2) is 0 Å². The molecule has 1 rings (SSSR count). The fraction of sp³-hybridized carbons (Fsp3) is 0. The Kier molecular flexibility index (Phi) is 1.74. The third-order valence-corrected chi connectivity index (χ3v) is 0.725. The van der Waals surface area contributed by atoms with Crippen molar-refractivity contribution in [3.8, 4) is 0 Å². The molecule has 0 saturated heterocycles. The second-order valence-corrected chi connectivity index (χ2v) is 1.45. The maximum Gasteiger partial charge on any atom is 0.330 e. The Morgan fingerprint density at radius 1 is 1.80 bits per heavy atom. The molecule has 0 radical (unpaired) electrons. The summed E-state index contributed by atoms with van der Waals surface area (Å²) in [4.78, 5) is 13.7. The molecular weight excluding hydrogens is 136 g/mol. The molecule has 0 aliphatic carbocycles. The predicted octanol–water partition coefficient (Wildman–Crippen LogP) is -0.330. The molecule has 0 atom stereocenters. The molecule has 1 aromatic heterocycles. The standard InChI is InChI=1S/C4H6N4O2/c5-3(9)7-8-4-6-1-2-10-4/h1-2H,(H,6,8)(H3,5,7,9). The van der Waals surface area contributed by atoms with E-state index in [9.17, 15) is 4.79 Å². The zero-order valence-electron chi connectivity index (χ0n) is 5.00. The number of hydrogen-bond donors (Lipinski definition) is 3. The van der Waals surface area contributed by atoms with Crippen molar-refractivity contribution in [1.82, 2.24) is 10.4 Å². The Labute approximate surface area is 56.4 Å². The number of rotatable bonds is 2. The molecule has 54 valence electrons. The lowest BCUT2D eigenvalue weighted by Gasteiger charge is -1.98. The van der Waals surface area contributed by atoms with E-state index in [0.717, 1.165) is 0 Å². The van der Waals surface area contributed by atoms with E-state index in [1.807, 2.05) is 0 Å². The zero-order chi connectivity index (χ0) is 7.40. The maximum absolute atomic E-state index is 10.1. The number of nitrogens with two attached hydrogens (primary N) is 1. The van der Waals surface area contributed by atoms with Gasteiger partial charge in [-0.2, -0.15) is 0 Å². The summed E-state index contributed by atoms with van der Waals surface area (Å²) in [6.07, 6.45) is 2.80. The summed E-state index contributed by atoms with van der Waals surface area (Å²) in [5.41, 5.74) is 9.13. The number of nitrogens with zero attached hydrogens (tertiary/aromatic N) is 1. The van der Waals surface area contributed by atoms with Crippen LogP contribution in [-0.4, -0.2) is 11.0 Å². The van der Waals surface area contributed by atoms with Crippen LogP contribution in [0.3, 0.4) is 0 Å². The first kappa shape index (κ1) is 6.40. The molecule has 1 aromatic rings. The first-order valence-corrected chi connectivity index (χ1v) is 2.50. The largest absolute Gasteiger partial charge is 0.431 e. The average Bonchev–Trinajstić information content (AvgIpc) is 2.34. The number of primary amides is 1. The van der Waals surface area contributed by atoms with Crippen LogP contribution in [0, 0.1) is 0 Å². The van der Waals surface area contributed by atoms with Crippen molar-refractivity contribution in [1.29, 1.82) is 0 Å². The van der Waals surface area contributed by atoms with E-state index in [2.05, 4.69) is 15.8 Å². The van der Waals surface area contributed by atoms with Gasteiger partial charge < -0.3 is 10.2 Å². The third kappa shape index (κ3) is 1.66. The van der Waals surface area contributed by atoms with Crippen LogP contribution in [0.15, 0.2) is 16.9 Å². The smallest absolute Gasteiger partial charge is 0.330 e. The van der Waals surface area contributed by atoms with Gasteiger partial charge in [0.25, 0.3) is 0 Å². The number of amides is 2. The molecule has 0 unspecified atom stereocenters. The van der Waals surface area contributed by atoms with Crippen molar-refractivity contribution in [3.63, 3.8) is 0 Å². The number of hydrogen-bond acceptors (Lipinski definition) is 4. The molecule has 6 heteroatoms. The quantitative estimate of drug-likeness (QED) is 0.493. The summed E-state index contributed by atoms with van der Waals surface area (Å²) in [6.45, 7) is 0. The van der Waals surface area contributed by atoms with Gasteiger partial charge in [0, 0.05) is 0 Å². The van der Waals surface area contributed by atoms with Crippen molar-refractivity contribution in [2.24, 2.45) is 5.73 Å². The number of hydrazine groups is 1. The predicted molar refractivity (Wildman–Crippen MR) is 32.8 cm³/mol. The lowest BCUT2D eigenvalue weighted by Crippen LogP contribution is -2.34. The highest BCUT2D eigenvalue weighted by molar-refractivity contribution is 5.72. The topological polar surface area (TPSA) is 93.2 Å². The normalized spacial score (nSPS) is 8.80. The first-order chi connectivity index (χ1) is 4.79. The van der Waals surface area contributed by atoms with Crippen molar-refractivity contribution in [2.45, 2.75) is 0 Å². The van der Waals surface area contributed by atoms with Gasteiger partial charge in [0.2, 0.25) is 0 Å². The third-order valence-electron chi connectivity index (χ3n) is 0.725. The molecule has 6 nitrogen and oxygen atoms in total. The summed E-state index contributed by atoms with van der Waals surface area (Å²) in [7, 11) is 0. The minimum absolute atomic E-state index is 0.193. The number of aromatic nitrogens is 1. The lowest BCUT2D eigenvalue weighted by molar-refractivity contribution is 0.250. The minimum atomic E-state index is -0.696. The van der Waals surface area contributed by atoms with E-state index in [1.54, 1.807) is 0 Å². The second kappa shape index (κ2) is 2.72.